The molecule has 2 aromatic carbocycles. The number of carbonyl (C=O) groups excluding carboxylic acids is 1. The van der Waals surface area contributed by atoms with Crippen LogP contribution in [0, 0.1) is 11.6 Å². The number of halogens is 2. The lowest BCUT2D eigenvalue weighted by atomic mass is 10.3. The van der Waals surface area contributed by atoms with Gasteiger partial charge < -0.3 is 9.88 Å². The van der Waals surface area contributed by atoms with Gasteiger partial charge in [0.05, 0.1) is 16.8 Å². The van der Waals surface area contributed by atoms with Crippen LogP contribution >= 0.6 is 11.8 Å². The third-order valence-corrected chi connectivity index (χ3v) is 4.47. The molecule has 0 aliphatic heterocycles. The van der Waals surface area contributed by atoms with Gasteiger partial charge in [-0.05, 0) is 24.3 Å². The van der Waals surface area contributed by atoms with E-state index in [0.29, 0.717) is 11.7 Å². The van der Waals surface area contributed by atoms with E-state index in [-0.39, 0.29) is 5.75 Å². The smallest absolute Gasteiger partial charge is 0.235 e. The summed E-state index contributed by atoms with van der Waals surface area (Å²) in [5, 5.41) is 2.91. The molecule has 1 aromatic heterocycles. The van der Waals surface area contributed by atoms with Gasteiger partial charge in [0.25, 0.3) is 0 Å². The fourth-order valence-corrected chi connectivity index (χ4v) is 3.22. The number of thioether (sulfide) groups is 1. The highest BCUT2D eigenvalue weighted by Gasteiger charge is 2.15. The Morgan fingerprint density at radius 1 is 1.20 bits per heavy atom. The van der Waals surface area contributed by atoms with Gasteiger partial charge in [0, 0.05) is 6.54 Å². The minimum Gasteiger partial charge on any atom is -0.320 e. The van der Waals surface area contributed by atoms with Gasteiger partial charge >= 0.3 is 0 Å². The van der Waals surface area contributed by atoms with Crippen molar-refractivity contribution in [3.05, 3.63) is 66.8 Å². The molecule has 3 aromatic rings. The van der Waals surface area contributed by atoms with Crippen molar-refractivity contribution in [2.45, 2.75) is 11.7 Å². The van der Waals surface area contributed by atoms with Crippen LogP contribution in [-0.4, -0.2) is 21.2 Å². The molecule has 128 valence electrons. The average Bonchev–Trinajstić information content (AvgIpc) is 2.95. The molecule has 1 heterocycles. The SMILES string of the molecule is C=CCn1c(SCC(=O)Nc2c(F)cccc2F)nc2ccccc21. The second-order valence-electron chi connectivity index (χ2n) is 5.22. The van der Waals surface area contributed by atoms with E-state index in [1.807, 2.05) is 28.8 Å². The standard InChI is InChI=1S/C18H15F2N3OS/c1-2-10-23-15-9-4-3-8-14(15)21-18(23)25-11-16(24)22-17-12(19)6-5-7-13(17)20/h2-9H,1,10-11H2,(H,22,24). The number of carbonyl (C=O) groups is 1. The molecule has 0 fully saturated rings. The van der Waals surface area contributed by atoms with Crippen LogP contribution in [0.3, 0.4) is 0 Å². The van der Waals surface area contributed by atoms with Crippen LogP contribution < -0.4 is 5.32 Å². The van der Waals surface area contributed by atoms with Gasteiger partial charge in [-0.2, -0.15) is 0 Å². The molecule has 0 saturated carbocycles. The van der Waals surface area contributed by atoms with E-state index in [4.69, 9.17) is 0 Å². The molecular weight excluding hydrogens is 344 g/mol. The molecular formula is C18H15F2N3OS. The summed E-state index contributed by atoms with van der Waals surface area (Å²) in [4.78, 5) is 16.5. The van der Waals surface area contributed by atoms with Crippen LogP contribution in [0.2, 0.25) is 0 Å². The van der Waals surface area contributed by atoms with E-state index in [2.05, 4.69) is 16.9 Å². The van der Waals surface area contributed by atoms with Crippen LogP contribution in [0.1, 0.15) is 0 Å². The zero-order valence-corrected chi connectivity index (χ0v) is 14.0. The summed E-state index contributed by atoms with van der Waals surface area (Å²) in [6, 6.07) is 11.0. The molecule has 0 aliphatic carbocycles. The Morgan fingerprint density at radius 3 is 2.64 bits per heavy atom. The summed E-state index contributed by atoms with van der Waals surface area (Å²) >= 11 is 1.20. The van der Waals surface area contributed by atoms with Gasteiger partial charge in [-0.1, -0.05) is 36.0 Å². The summed E-state index contributed by atoms with van der Waals surface area (Å²) in [6.45, 7) is 4.28. The Hall–Kier alpha value is -2.67. The number of imidazole rings is 1. The van der Waals surface area contributed by atoms with E-state index < -0.39 is 23.2 Å². The van der Waals surface area contributed by atoms with Crippen LogP contribution in [-0.2, 0) is 11.3 Å². The second kappa shape index (κ2) is 7.48. The first-order valence-corrected chi connectivity index (χ1v) is 8.51. The first-order chi connectivity index (χ1) is 12.1. The van der Waals surface area contributed by atoms with Crippen molar-refractivity contribution in [1.29, 1.82) is 0 Å². The Bertz CT molecular complexity index is 919. The number of para-hydroxylation sites is 3. The summed E-state index contributed by atoms with van der Waals surface area (Å²) < 4.78 is 29.1. The Labute approximate surface area is 147 Å². The average molecular weight is 359 g/mol. The summed E-state index contributed by atoms with van der Waals surface area (Å²) in [7, 11) is 0. The predicted molar refractivity (Wildman–Crippen MR) is 95.6 cm³/mol. The maximum absolute atomic E-state index is 13.6. The lowest BCUT2D eigenvalue weighted by Crippen LogP contribution is -2.16. The van der Waals surface area contributed by atoms with Crippen LogP contribution in [0.15, 0.2) is 60.3 Å². The number of benzene rings is 2. The third-order valence-electron chi connectivity index (χ3n) is 3.49. The number of allylic oxidation sites excluding steroid dienone is 1. The number of rotatable bonds is 6. The molecule has 7 heteroatoms. The van der Waals surface area contributed by atoms with Crippen LogP contribution in [0.5, 0.6) is 0 Å². The molecule has 3 rings (SSSR count). The van der Waals surface area contributed by atoms with Crippen molar-refractivity contribution < 1.29 is 13.6 Å². The minimum absolute atomic E-state index is 0.0196. The topological polar surface area (TPSA) is 46.9 Å². The monoisotopic (exact) mass is 359 g/mol. The van der Waals surface area contributed by atoms with E-state index in [0.717, 1.165) is 23.2 Å². The van der Waals surface area contributed by atoms with Crippen molar-refractivity contribution in [3.63, 3.8) is 0 Å². The highest BCUT2D eigenvalue weighted by molar-refractivity contribution is 7.99. The van der Waals surface area contributed by atoms with Crippen LogP contribution in [0.4, 0.5) is 14.5 Å². The molecule has 0 bridgehead atoms. The lowest BCUT2D eigenvalue weighted by Gasteiger charge is -2.08. The predicted octanol–water partition coefficient (Wildman–Crippen LogP) is 4.23. The molecule has 1 N–H and O–H groups in total. The summed E-state index contributed by atoms with van der Waals surface area (Å²) in [6.07, 6.45) is 1.74. The fourth-order valence-electron chi connectivity index (χ4n) is 2.39. The number of anilines is 1. The van der Waals surface area contributed by atoms with E-state index in [1.54, 1.807) is 6.08 Å². The van der Waals surface area contributed by atoms with Gasteiger partial charge in [0.1, 0.15) is 17.3 Å². The molecule has 0 spiro atoms. The molecule has 0 aliphatic rings. The quantitative estimate of drug-likeness (QED) is 0.529. The zero-order chi connectivity index (χ0) is 17.8. The van der Waals surface area contributed by atoms with Gasteiger partial charge in [0.15, 0.2) is 5.16 Å². The number of amides is 1. The maximum atomic E-state index is 13.6. The maximum Gasteiger partial charge on any atom is 0.235 e. The van der Waals surface area contributed by atoms with Gasteiger partial charge in [-0.15, -0.1) is 6.58 Å². The molecule has 0 radical (unpaired) electrons. The highest BCUT2D eigenvalue weighted by Crippen LogP contribution is 2.25. The van der Waals surface area contributed by atoms with E-state index >= 15 is 0 Å². The molecule has 1 amide bonds. The normalized spacial score (nSPS) is 10.8. The van der Waals surface area contributed by atoms with Crippen molar-refractivity contribution in [1.82, 2.24) is 9.55 Å². The van der Waals surface area contributed by atoms with Gasteiger partial charge in [0.2, 0.25) is 5.91 Å². The number of hydrogen-bond acceptors (Lipinski definition) is 3. The molecule has 4 nitrogen and oxygen atoms in total. The zero-order valence-electron chi connectivity index (χ0n) is 13.2. The number of nitrogens with one attached hydrogen (secondary N) is 1. The van der Waals surface area contributed by atoms with E-state index in [9.17, 15) is 13.6 Å². The van der Waals surface area contributed by atoms with Gasteiger partial charge in [-0.25, -0.2) is 13.8 Å². The number of aromatic nitrogens is 2. The molecule has 25 heavy (non-hydrogen) atoms. The molecule has 0 saturated heterocycles. The Balaban J connectivity index is 1.75. The Morgan fingerprint density at radius 2 is 1.92 bits per heavy atom. The number of nitrogens with zero attached hydrogens (tertiary/aromatic N) is 2. The fraction of sp³-hybridized carbons (Fsp3) is 0.111. The summed E-state index contributed by atoms with van der Waals surface area (Å²) in [5.74, 6) is -2.14. The lowest BCUT2D eigenvalue weighted by molar-refractivity contribution is -0.113. The summed E-state index contributed by atoms with van der Waals surface area (Å²) in [5.41, 5.74) is 1.31. The van der Waals surface area contributed by atoms with Gasteiger partial charge in [-0.3, -0.25) is 4.79 Å². The number of hydrogen-bond donors (Lipinski definition) is 1. The van der Waals surface area contributed by atoms with Crippen molar-refractivity contribution in [2.75, 3.05) is 11.1 Å². The molecule has 0 unspecified atom stereocenters. The van der Waals surface area contributed by atoms with Crippen molar-refractivity contribution >= 4 is 34.4 Å². The van der Waals surface area contributed by atoms with Crippen molar-refractivity contribution in [2.24, 2.45) is 0 Å². The minimum atomic E-state index is -0.808. The molecule has 0 atom stereocenters. The second-order valence-corrected chi connectivity index (χ2v) is 6.16. The Kier molecular flexibility index (Phi) is 5.14. The van der Waals surface area contributed by atoms with E-state index in [1.165, 1.54) is 17.8 Å². The largest absolute Gasteiger partial charge is 0.320 e. The van der Waals surface area contributed by atoms with Crippen molar-refractivity contribution in [3.8, 4) is 0 Å². The third kappa shape index (κ3) is 3.71. The van der Waals surface area contributed by atoms with Crippen LogP contribution in [0.25, 0.3) is 11.0 Å². The highest BCUT2D eigenvalue weighted by atomic mass is 32.2. The number of fused-ring (bicyclic) bond motifs is 1. The first kappa shape index (κ1) is 17.2. The first-order valence-electron chi connectivity index (χ1n) is 7.53.